The number of nitro groups is 1. The summed E-state index contributed by atoms with van der Waals surface area (Å²) in [4.78, 5) is 26.7. The first-order chi connectivity index (χ1) is 9.90. The molecule has 1 aromatic carbocycles. The van der Waals surface area contributed by atoms with E-state index in [1.54, 1.807) is 36.0 Å². The third-order valence-electron chi connectivity index (χ3n) is 3.85. The molecule has 6 nitrogen and oxygen atoms in total. The average Bonchev–Trinajstić information content (AvgIpc) is 2.45. The molecule has 1 aliphatic heterocycles. The molecule has 0 saturated carbocycles. The lowest BCUT2D eigenvalue weighted by Gasteiger charge is -2.31. The highest BCUT2D eigenvalue weighted by molar-refractivity contribution is 5.95. The van der Waals surface area contributed by atoms with Gasteiger partial charge in [-0.05, 0) is 30.9 Å². The number of rotatable bonds is 3. The van der Waals surface area contributed by atoms with Crippen molar-refractivity contribution in [2.45, 2.75) is 19.8 Å². The van der Waals surface area contributed by atoms with Gasteiger partial charge in [-0.25, -0.2) is 0 Å². The Balaban J connectivity index is 2.29. The number of hydrogen-bond acceptors (Lipinski definition) is 4. The van der Waals surface area contributed by atoms with E-state index in [-0.39, 0.29) is 11.6 Å². The van der Waals surface area contributed by atoms with Crippen LogP contribution in [-0.2, 0) is 0 Å². The Hall–Kier alpha value is -2.11. The lowest BCUT2D eigenvalue weighted by molar-refractivity contribution is -0.384. The minimum atomic E-state index is -0.440. The zero-order valence-corrected chi connectivity index (χ0v) is 12.7. The fourth-order valence-electron chi connectivity index (χ4n) is 2.74. The molecule has 1 aliphatic rings. The van der Waals surface area contributed by atoms with Crippen LogP contribution in [0.2, 0.25) is 0 Å². The van der Waals surface area contributed by atoms with Crippen LogP contribution in [-0.4, -0.2) is 42.9 Å². The van der Waals surface area contributed by atoms with E-state index in [9.17, 15) is 14.9 Å². The number of hydrogen-bond donors (Lipinski definition) is 0. The standard InChI is InChI=1S/C15H21N3O3/c1-11-5-4-8-17(10-11)15(19)12-6-7-13(16(2)3)14(9-12)18(20)21/h6-7,9,11H,4-5,8,10H2,1-3H3. The maximum atomic E-state index is 12.5. The predicted octanol–water partition coefficient (Wildman–Crippen LogP) is 2.53. The molecular formula is C15H21N3O3. The highest BCUT2D eigenvalue weighted by Crippen LogP contribution is 2.28. The zero-order valence-electron chi connectivity index (χ0n) is 12.7. The van der Waals surface area contributed by atoms with Crippen LogP contribution in [0.3, 0.4) is 0 Å². The third kappa shape index (κ3) is 3.32. The molecule has 0 aliphatic carbocycles. The second kappa shape index (κ2) is 6.11. The zero-order chi connectivity index (χ0) is 15.6. The summed E-state index contributed by atoms with van der Waals surface area (Å²) in [6.07, 6.45) is 2.12. The Morgan fingerprint density at radius 2 is 2.14 bits per heavy atom. The molecule has 2 rings (SSSR count). The van der Waals surface area contributed by atoms with Crippen LogP contribution < -0.4 is 4.90 Å². The SMILES string of the molecule is CC1CCCN(C(=O)c2ccc(N(C)C)c([N+](=O)[O-])c2)C1. The van der Waals surface area contributed by atoms with Gasteiger partial charge in [-0.3, -0.25) is 14.9 Å². The van der Waals surface area contributed by atoms with Crippen LogP contribution in [0.25, 0.3) is 0 Å². The van der Waals surface area contributed by atoms with Gasteiger partial charge in [0.1, 0.15) is 5.69 Å². The number of likely N-dealkylation sites (tertiary alicyclic amines) is 1. The molecule has 114 valence electrons. The van der Waals surface area contributed by atoms with Crippen LogP contribution >= 0.6 is 0 Å². The molecule has 0 bridgehead atoms. The van der Waals surface area contributed by atoms with Gasteiger partial charge >= 0.3 is 0 Å². The fraction of sp³-hybridized carbons (Fsp3) is 0.533. The number of anilines is 1. The number of nitrogens with zero attached hydrogens (tertiary/aromatic N) is 3. The van der Waals surface area contributed by atoms with Gasteiger partial charge in [0.2, 0.25) is 0 Å². The van der Waals surface area contributed by atoms with E-state index in [1.807, 2.05) is 0 Å². The monoisotopic (exact) mass is 291 g/mol. The molecular weight excluding hydrogens is 270 g/mol. The van der Waals surface area contributed by atoms with Gasteiger partial charge in [-0.1, -0.05) is 6.92 Å². The van der Waals surface area contributed by atoms with Gasteiger partial charge < -0.3 is 9.80 Å². The van der Waals surface area contributed by atoms with Gasteiger partial charge in [0.25, 0.3) is 11.6 Å². The summed E-state index contributed by atoms with van der Waals surface area (Å²) in [5.74, 6) is 0.369. The smallest absolute Gasteiger partial charge is 0.293 e. The van der Waals surface area contributed by atoms with Gasteiger partial charge in [0, 0.05) is 38.8 Å². The summed E-state index contributed by atoms with van der Waals surface area (Å²) in [7, 11) is 3.49. The third-order valence-corrected chi connectivity index (χ3v) is 3.85. The molecule has 1 saturated heterocycles. The van der Waals surface area contributed by atoms with Crippen molar-refractivity contribution in [3.8, 4) is 0 Å². The summed E-state index contributed by atoms with van der Waals surface area (Å²) in [6, 6.07) is 4.69. The lowest BCUT2D eigenvalue weighted by Crippen LogP contribution is -2.39. The van der Waals surface area contributed by atoms with Crippen molar-refractivity contribution in [3.05, 3.63) is 33.9 Å². The molecule has 0 N–H and O–H groups in total. The highest BCUT2D eigenvalue weighted by Gasteiger charge is 2.25. The molecule has 1 amide bonds. The van der Waals surface area contributed by atoms with Crippen LogP contribution in [0, 0.1) is 16.0 Å². The minimum absolute atomic E-state index is 0.0316. The van der Waals surface area contributed by atoms with Crippen molar-refractivity contribution in [3.63, 3.8) is 0 Å². The largest absolute Gasteiger partial charge is 0.372 e. The first-order valence-corrected chi connectivity index (χ1v) is 7.15. The van der Waals surface area contributed by atoms with E-state index in [1.165, 1.54) is 6.07 Å². The van der Waals surface area contributed by atoms with E-state index in [4.69, 9.17) is 0 Å². The summed E-state index contributed by atoms with van der Waals surface area (Å²) >= 11 is 0. The van der Waals surface area contributed by atoms with E-state index >= 15 is 0 Å². The number of piperidine rings is 1. The first-order valence-electron chi connectivity index (χ1n) is 7.15. The summed E-state index contributed by atoms with van der Waals surface area (Å²) in [5, 5.41) is 11.2. The molecule has 6 heteroatoms. The molecule has 1 aromatic rings. The van der Waals surface area contributed by atoms with E-state index < -0.39 is 4.92 Å². The molecule has 1 unspecified atom stereocenters. The second-order valence-corrected chi connectivity index (χ2v) is 5.85. The van der Waals surface area contributed by atoms with E-state index in [0.29, 0.717) is 17.2 Å². The van der Waals surface area contributed by atoms with E-state index in [2.05, 4.69) is 6.92 Å². The predicted molar refractivity (Wildman–Crippen MR) is 81.7 cm³/mol. The summed E-state index contributed by atoms with van der Waals surface area (Å²) in [5.41, 5.74) is 0.862. The van der Waals surface area contributed by atoms with Crippen molar-refractivity contribution in [2.24, 2.45) is 5.92 Å². The molecule has 0 spiro atoms. The van der Waals surface area contributed by atoms with Gasteiger partial charge in [0.05, 0.1) is 4.92 Å². The highest BCUT2D eigenvalue weighted by atomic mass is 16.6. The second-order valence-electron chi connectivity index (χ2n) is 5.85. The number of nitro benzene ring substituents is 1. The molecule has 21 heavy (non-hydrogen) atoms. The molecule has 1 atom stereocenters. The van der Waals surface area contributed by atoms with Crippen LogP contribution in [0.1, 0.15) is 30.1 Å². The Kier molecular flexibility index (Phi) is 4.45. The van der Waals surface area contributed by atoms with Crippen LogP contribution in [0.5, 0.6) is 0 Å². The first kappa shape index (κ1) is 15.3. The number of benzene rings is 1. The Morgan fingerprint density at radius 1 is 1.43 bits per heavy atom. The molecule has 0 radical (unpaired) electrons. The fourth-order valence-corrected chi connectivity index (χ4v) is 2.74. The topological polar surface area (TPSA) is 66.7 Å². The lowest BCUT2D eigenvalue weighted by atomic mass is 9.99. The minimum Gasteiger partial charge on any atom is -0.372 e. The van der Waals surface area contributed by atoms with Crippen molar-refractivity contribution in [1.82, 2.24) is 4.90 Å². The number of carbonyl (C=O) groups is 1. The Morgan fingerprint density at radius 3 is 2.71 bits per heavy atom. The summed E-state index contributed by atoms with van der Waals surface area (Å²) in [6.45, 7) is 3.57. The Labute approximate surface area is 124 Å². The molecule has 1 fully saturated rings. The van der Waals surface area contributed by atoms with Crippen LogP contribution in [0.15, 0.2) is 18.2 Å². The quantitative estimate of drug-likeness (QED) is 0.634. The molecule has 0 aromatic heterocycles. The van der Waals surface area contributed by atoms with Gasteiger partial charge in [-0.15, -0.1) is 0 Å². The average molecular weight is 291 g/mol. The van der Waals surface area contributed by atoms with Crippen LogP contribution in [0.4, 0.5) is 11.4 Å². The molecule has 1 heterocycles. The maximum absolute atomic E-state index is 12.5. The van der Waals surface area contributed by atoms with Crippen molar-refractivity contribution in [2.75, 3.05) is 32.1 Å². The number of carbonyl (C=O) groups excluding carboxylic acids is 1. The van der Waals surface area contributed by atoms with Crippen molar-refractivity contribution < 1.29 is 9.72 Å². The van der Waals surface area contributed by atoms with Crippen molar-refractivity contribution >= 4 is 17.3 Å². The van der Waals surface area contributed by atoms with Gasteiger partial charge in [0.15, 0.2) is 0 Å². The van der Waals surface area contributed by atoms with E-state index in [0.717, 1.165) is 25.9 Å². The number of amides is 1. The summed E-state index contributed by atoms with van der Waals surface area (Å²) < 4.78 is 0. The van der Waals surface area contributed by atoms with Gasteiger partial charge in [-0.2, -0.15) is 0 Å². The van der Waals surface area contributed by atoms with Crippen molar-refractivity contribution in [1.29, 1.82) is 0 Å². The Bertz CT molecular complexity index is 557. The normalized spacial score (nSPS) is 18.4. The maximum Gasteiger partial charge on any atom is 0.293 e.